The number of carbonyl (C=O) groups is 3. The summed E-state index contributed by atoms with van der Waals surface area (Å²) in [6.45, 7) is 13.3. The first-order chi connectivity index (χ1) is 19.1. The lowest BCUT2D eigenvalue weighted by Crippen LogP contribution is -2.45. The third-order valence-corrected chi connectivity index (χ3v) is 7.37. The molecule has 0 saturated carbocycles. The van der Waals surface area contributed by atoms with E-state index in [1.165, 1.54) is 10.6 Å². The number of ether oxygens (including phenoxy) is 2. The Morgan fingerprint density at radius 1 is 1.00 bits per heavy atom. The van der Waals surface area contributed by atoms with Gasteiger partial charge in [0, 0.05) is 17.5 Å². The summed E-state index contributed by atoms with van der Waals surface area (Å²) >= 11 is 0. The second kappa shape index (κ2) is 9.87. The van der Waals surface area contributed by atoms with Crippen molar-refractivity contribution in [2.24, 2.45) is 0 Å². The van der Waals surface area contributed by atoms with Crippen molar-refractivity contribution in [1.29, 1.82) is 0 Å². The van der Waals surface area contributed by atoms with Gasteiger partial charge in [-0.25, -0.2) is 24.0 Å². The monoisotopic (exact) mass is 565 g/mol. The molecule has 41 heavy (non-hydrogen) atoms. The highest BCUT2D eigenvalue weighted by Gasteiger charge is 2.43. The van der Waals surface area contributed by atoms with Crippen LogP contribution in [0.5, 0.6) is 0 Å². The predicted molar refractivity (Wildman–Crippen MR) is 151 cm³/mol. The van der Waals surface area contributed by atoms with Crippen LogP contribution < -0.4 is 5.48 Å². The highest BCUT2D eigenvalue weighted by Crippen LogP contribution is 2.42. The molecule has 1 saturated heterocycles. The van der Waals surface area contributed by atoms with E-state index in [4.69, 9.17) is 14.3 Å². The van der Waals surface area contributed by atoms with Crippen LogP contribution in [0, 0.1) is 5.82 Å². The number of benzene rings is 2. The molecule has 2 aliphatic heterocycles. The summed E-state index contributed by atoms with van der Waals surface area (Å²) in [4.78, 5) is 46.6. The first-order valence-corrected chi connectivity index (χ1v) is 13.7. The second-order valence-electron chi connectivity index (χ2n) is 12.8. The fourth-order valence-corrected chi connectivity index (χ4v) is 5.67. The third-order valence-electron chi connectivity index (χ3n) is 7.37. The molecule has 2 aliphatic rings. The molecule has 0 bridgehead atoms. The van der Waals surface area contributed by atoms with Gasteiger partial charge >= 0.3 is 12.2 Å². The molecular weight excluding hydrogens is 529 g/mol. The Morgan fingerprint density at radius 2 is 1.63 bits per heavy atom. The zero-order valence-electron chi connectivity index (χ0n) is 24.5. The highest BCUT2D eigenvalue weighted by atomic mass is 19.1. The van der Waals surface area contributed by atoms with Crippen LogP contribution in [0.1, 0.15) is 82.8 Å². The van der Waals surface area contributed by atoms with E-state index in [1.807, 2.05) is 52.0 Å². The van der Waals surface area contributed by atoms with Crippen LogP contribution in [0.4, 0.5) is 14.0 Å². The number of likely N-dealkylation sites (tertiary alicyclic amines) is 1. The van der Waals surface area contributed by atoms with Crippen LogP contribution in [0.2, 0.25) is 0 Å². The van der Waals surface area contributed by atoms with Crippen molar-refractivity contribution in [3.8, 4) is 11.3 Å². The van der Waals surface area contributed by atoms with E-state index in [0.717, 1.165) is 24.5 Å². The van der Waals surface area contributed by atoms with Gasteiger partial charge in [0.25, 0.3) is 5.91 Å². The molecular formula is C31H36FN3O6. The van der Waals surface area contributed by atoms with Gasteiger partial charge in [0.05, 0.1) is 22.3 Å². The van der Waals surface area contributed by atoms with Gasteiger partial charge in [0.15, 0.2) is 0 Å². The van der Waals surface area contributed by atoms with Gasteiger partial charge in [0.2, 0.25) is 0 Å². The Morgan fingerprint density at radius 3 is 2.27 bits per heavy atom. The van der Waals surface area contributed by atoms with E-state index in [0.29, 0.717) is 28.8 Å². The topological polar surface area (TPSA) is 99.1 Å². The molecule has 2 amide bonds. The van der Waals surface area contributed by atoms with Gasteiger partial charge in [-0.2, -0.15) is 0 Å². The predicted octanol–water partition coefficient (Wildman–Crippen LogP) is 6.65. The zero-order chi connectivity index (χ0) is 29.9. The molecule has 2 aromatic carbocycles. The van der Waals surface area contributed by atoms with Gasteiger partial charge in [-0.3, -0.25) is 14.5 Å². The number of rotatable bonds is 2. The lowest BCUT2D eigenvalue weighted by Gasteiger charge is -2.37. The van der Waals surface area contributed by atoms with Crippen LogP contribution >= 0.6 is 0 Å². The minimum atomic E-state index is -0.821. The lowest BCUT2D eigenvalue weighted by atomic mass is 9.88. The molecule has 5 rings (SSSR count). The molecule has 10 heteroatoms. The fraction of sp³-hybridized carbons (Fsp3) is 0.452. The molecule has 1 atom stereocenters. The van der Waals surface area contributed by atoms with Crippen molar-refractivity contribution in [2.75, 3.05) is 6.54 Å². The van der Waals surface area contributed by atoms with Crippen LogP contribution in [-0.4, -0.2) is 45.3 Å². The maximum atomic E-state index is 14.8. The number of nitrogens with zero attached hydrogens (tertiary/aromatic N) is 2. The Kier molecular flexibility index (Phi) is 6.88. The number of carbonyl (C=O) groups excluding carboxylic acids is 3. The molecule has 1 aromatic heterocycles. The van der Waals surface area contributed by atoms with Crippen molar-refractivity contribution in [3.05, 3.63) is 58.9 Å². The number of hydroxylamine groups is 1. The van der Waals surface area contributed by atoms with Crippen LogP contribution in [0.15, 0.2) is 36.4 Å². The number of nitrogens with one attached hydrogen (secondary N) is 1. The minimum Gasteiger partial charge on any atom is -0.444 e. The molecule has 3 aromatic rings. The zero-order valence-corrected chi connectivity index (χ0v) is 24.5. The average Bonchev–Trinajstić information content (AvgIpc) is 3.35. The van der Waals surface area contributed by atoms with Gasteiger partial charge in [-0.15, -0.1) is 0 Å². The Bertz CT molecular complexity index is 1550. The number of aromatic nitrogens is 1. The molecule has 1 N–H and O–H groups in total. The van der Waals surface area contributed by atoms with Crippen molar-refractivity contribution in [1.82, 2.24) is 14.9 Å². The Labute approximate surface area is 238 Å². The normalized spacial score (nSPS) is 19.2. The molecule has 218 valence electrons. The number of hydrogen-bond acceptors (Lipinski definition) is 6. The van der Waals surface area contributed by atoms with Crippen molar-refractivity contribution in [2.45, 2.75) is 84.7 Å². The van der Waals surface area contributed by atoms with Crippen molar-refractivity contribution < 1.29 is 33.1 Å². The van der Waals surface area contributed by atoms with E-state index >= 15 is 0 Å². The van der Waals surface area contributed by atoms with Gasteiger partial charge in [0.1, 0.15) is 23.6 Å². The maximum absolute atomic E-state index is 14.8. The summed E-state index contributed by atoms with van der Waals surface area (Å²) in [6.07, 6.45) is 0.529. The van der Waals surface area contributed by atoms with E-state index in [9.17, 15) is 18.8 Å². The fourth-order valence-electron chi connectivity index (χ4n) is 5.67. The standard InChI is InChI=1S/C31H36FN3O6/c1-29(2,3)40-27(37)34-14-8-13-31(34,7)19-11-9-18(10-12-19)25-22-17-39-33-26(36)21-15-20(32)16-23(24(21)22)35(25)28(38)41-30(4,5)6/h9-12,15-16H,8,13-14,17H2,1-7H3,(H,33,36)/t31-/m1/s1. The van der Waals surface area contributed by atoms with E-state index in [1.54, 1.807) is 25.7 Å². The van der Waals surface area contributed by atoms with Gasteiger partial charge in [-0.05, 0) is 84.6 Å². The lowest BCUT2D eigenvalue weighted by molar-refractivity contribution is 0.00989. The summed E-state index contributed by atoms with van der Waals surface area (Å²) in [5.74, 6) is -1.27. The molecule has 0 spiro atoms. The first-order valence-electron chi connectivity index (χ1n) is 13.7. The highest BCUT2D eigenvalue weighted by molar-refractivity contribution is 6.12. The summed E-state index contributed by atoms with van der Waals surface area (Å²) in [5, 5.41) is 0.421. The molecule has 1 fully saturated rings. The molecule has 3 heterocycles. The smallest absolute Gasteiger partial charge is 0.419 e. The molecule has 9 nitrogen and oxygen atoms in total. The van der Waals surface area contributed by atoms with Gasteiger partial charge in [-0.1, -0.05) is 24.3 Å². The third kappa shape index (κ3) is 5.28. The summed E-state index contributed by atoms with van der Waals surface area (Å²) in [6, 6.07) is 9.91. The number of amides is 2. The maximum Gasteiger partial charge on any atom is 0.419 e. The van der Waals surface area contributed by atoms with E-state index in [2.05, 4.69) is 5.48 Å². The van der Waals surface area contributed by atoms with Crippen molar-refractivity contribution >= 4 is 29.0 Å². The second-order valence-corrected chi connectivity index (χ2v) is 12.8. The first kappa shape index (κ1) is 28.6. The minimum absolute atomic E-state index is 0.0438. The largest absolute Gasteiger partial charge is 0.444 e. The molecule has 0 unspecified atom stereocenters. The van der Waals surface area contributed by atoms with Crippen LogP contribution in [0.3, 0.4) is 0 Å². The summed E-state index contributed by atoms with van der Waals surface area (Å²) in [7, 11) is 0. The van der Waals surface area contributed by atoms with Crippen LogP contribution in [0.25, 0.3) is 22.2 Å². The number of hydrogen-bond donors (Lipinski definition) is 1. The van der Waals surface area contributed by atoms with Crippen LogP contribution in [-0.2, 0) is 26.5 Å². The average molecular weight is 566 g/mol. The Balaban J connectivity index is 1.65. The number of halogens is 1. The summed E-state index contributed by atoms with van der Waals surface area (Å²) in [5.41, 5.74) is 3.13. The quantitative estimate of drug-likeness (QED) is 0.374. The SMILES string of the molecule is CC(C)(C)OC(=O)N1CCC[C@]1(C)c1ccc(-c2c3c4c(cc(F)cc4n2C(=O)OC(C)(C)C)C(=O)NOC3)cc1. The van der Waals surface area contributed by atoms with E-state index in [-0.39, 0.29) is 23.8 Å². The summed E-state index contributed by atoms with van der Waals surface area (Å²) < 4.78 is 27.5. The molecule has 0 aliphatic carbocycles. The van der Waals surface area contributed by atoms with Crippen molar-refractivity contribution in [3.63, 3.8) is 0 Å². The van der Waals surface area contributed by atoms with E-state index < -0.39 is 34.6 Å². The van der Waals surface area contributed by atoms with Gasteiger partial charge < -0.3 is 9.47 Å². The molecule has 0 radical (unpaired) electrons. The Hall–Kier alpha value is -3.92.